The van der Waals surface area contributed by atoms with Crippen LogP contribution in [0.25, 0.3) is 0 Å². The molecule has 3 rings (SSSR count). The van der Waals surface area contributed by atoms with Gasteiger partial charge in [0, 0.05) is 31.3 Å². The molecule has 2 fully saturated rings. The third-order valence-corrected chi connectivity index (χ3v) is 6.69. The Bertz CT molecular complexity index is 701. The van der Waals surface area contributed by atoms with Crippen molar-refractivity contribution in [2.24, 2.45) is 0 Å². The number of hydrogen-bond acceptors (Lipinski definition) is 5. The van der Waals surface area contributed by atoms with Crippen LogP contribution < -0.4 is 19.5 Å². The molecule has 1 aromatic rings. The quantitative estimate of drug-likeness (QED) is 0.577. The summed E-state index contributed by atoms with van der Waals surface area (Å²) in [5, 5.41) is 4.48. The van der Waals surface area contributed by atoms with Crippen molar-refractivity contribution < 1.29 is 18.9 Å². The molecule has 0 spiro atoms. The van der Waals surface area contributed by atoms with Gasteiger partial charge in [-0.05, 0) is 50.0 Å². The molecule has 174 valence electrons. The van der Waals surface area contributed by atoms with Gasteiger partial charge in [-0.1, -0.05) is 32.1 Å². The Morgan fingerprint density at radius 2 is 1.68 bits per heavy atom. The van der Waals surface area contributed by atoms with Crippen molar-refractivity contribution in [2.45, 2.75) is 76.5 Å². The SMILES string of the molecule is COc1ccc(CN(CC2CCCO2)C(=S)NC2CCCCCCC2)c(OC)c1OC. The van der Waals surface area contributed by atoms with Gasteiger partial charge in [-0.15, -0.1) is 0 Å². The van der Waals surface area contributed by atoms with Crippen LogP contribution in [-0.4, -0.2) is 56.6 Å². The van der Waals surface area contributed by atoms with E-state index < -0.39 is 0 Å². The molecule has 1 saturated carbocycles. The fourth-order valence-electron chi connectivity index (χ4n) is 4.61. The zero-order chi connectivity index (χ0) is 22.1. The van der Waals surface area contributed by atoms with Crippen LogP contribution in [-0.2, 0) is 11.3 Å². The lowest BCUT2D eigenvalue weighted by Crippen LogP contribution is -2.47. The highest BCUT2D eigenvalue weighted by Gasteiger charge is 2.25. The van der Waals surface area contributed by atoms with Gasteiger partial charge in [0.2, 0.25) is 5.75 Å². The number of nitrogens with one attached hydrogen (secondary N) is 1. The van der Waals surface area contributed by atoms with Crippen LogP contribution in [0.1, 0.15) is 63.4 Å². The van der Waals surface area contributed by atoms with Crippen LogP contribution in [0.3, 0.4) is 0 Å². The average molecular weight is 451 g/mol. The second-order valence-electron chi connectivity index (χ2n) is 8.50. The summed E-state index contributed by atoms with van der Waals surface area (Å²) < 4.78 is 22.7. The van der Waals surface area contributed by atoms with E-state index in [4.69, 9.17) is 31.2 Å². The molecule has 1 unspecified atom stereocenters. The summed E-state index contributed by atoms with van der Waals surface area (Å²) in [4.78, 5) is 2.23. The van der Waals surface area contributed by atoms with Crippen LogP contribution in [0.5, 0.6) is 17.2 Å². The minimum atomic E-state index is 0.211. The van der Waals surface area contributed by atoms with Crippen LogP contribution in [0.4, 0.5) is 0 Å². The molecule has 0 radical (unpaired) electrons. The molecule has 0 amide bonds. The lowest BCUT2D eigenvalue weighted by Gasteiger charge is -2.32. The van der Waals surface area contributed by atoms with Crippen molar-refractivity contribution in [1.82, 2.24) is 10.2 Å². The maximum atomic E-state index is 5.93. The lowest BCUT2D eigenvalue weighted by atomic mass is 9.97. The Balaban J connectivity index is 1.77. The van der Waals surface area contributed by atoms with E-state index in [2.05, 4.69) is 10.2 Å². The summed E-state index contributed by atoms with van der Waals surface area (Å²) in [5.74, 6) is 1.95. The number of benzene rings is 1. The second kappa shape index (κ2) is 12.3. The van der Waals surface area contributed by atoms with Crippen molar-refractivity contribution >= 4 is 17.3 Å². The molecule has 7 heteroatoms. The molecule has 1 heterocycles. The van der Waals surface area contributed by atoms with Crippen molar-refractivity contribution in [3.05, 3.63) is 17.7 Å². The highest BCUT2D eigenvalue weighted by atomic mass is 32.1. The maximum Gasteiger partial charge on any atom is 0.203 e. The number of ether oxygens (including phenoxy) is 4. The maximum absolute atomic E-state index is 5.93. The van der Waals surface area contributed by atoms with Crippen molar-refractivity contribution in [1.29, 1.82) is 0 Å². The number of rotatable bonds is 8. The van der Waals surface area contributed by atoms with Gasteiger partial charge in [-0.25, -0.2) is 0 Å². The number of thiocarbonyl (C=S) groups is 1. The lowest BCUT2D eigenvalue weighted by molar-refractivity contribution is 0.0893. The van der Waals surface area contributed by atoms with Crippen molar-refractivity contribution in [2.75, 3.05) is 34.5 Å². The van der Waals surface area contributed by atoms with E-state index in [-0.39, 0.29) is 6.10 Å². The molecule has 1 aliphatic heterocycles. The first-order chi connectivity index (χ1) is 15.2. The molecular formula is C24H38N2O4S. The summed E-state index contributed by atoms with van der Waals surface area (Å²) >= 11 is 5.92. The highest BCUT2D eigenvalue weighted by molar-refractivity contribution is 7.80. The summed E-state index contributed by atoms with van der Waals surface area (Å²) in [7, 11) is 4.93. The third kappa shape index (κ3) is 6.62. The fraction of sp³-hybridized carbons (Fsp3) is 0.708. The number of hydrogen-bond donors (Lipinski definition) is 1. The van der Waals surface area contributed by atoms with Crippen LogP contribution >= 0.6 is 12.2 Å². The van der Waals surface area contributed by atoms with Gasteiger partial charge in [0.05, 0.1) is 27.4 Å². The molecule has 0 aromatic heterocycles. The van der Waals surface area contributed by atoms with Gasteiger partial charge in [0.1, 0.15) is 0 Å². The molecule has 6 nitrogen and oxygen atoms in total. The first kappa shape index (κ1) is 23.9. The van der Waals surface area contributed by atoms with E-state index in [0.29, 0.717) is 29.8 Å². The topological polar surface area (TPSA) is 52.2 Å². The molecule has 1 atom stereocenters. The molecular weight excluding hydrogens is 412 g/mol. The van der Waals surface area contributed by atoms with Crippen molar-refractivity contribution in [3.63, 3.8) is 0 Å². The van der Waals surface area contributed by atoms with Gasteiger partial charge in [0.15, 0.2) is 16.6 Å². The van der Waals surface area contributed by atoms with E-state index in [9.17, 15) is 0 Å². The third-order valence-electron chi connectivity index (χ3n) is 6.31. The second-order valence-corrected chi connectivity index (χ2v) is 8.89. The van der Waals surface area contributed by atoms with Gasteiger partial charge < -0.3 is 29.2 Å². The van der Waals surface area contributed by atoms with Gasteiger partial charge in [0.25, 0.3) is 0 Å². The molecule has 1 aromatic carbocycles. The molecule has 1 aliphatic carbocycles. The van der Waals surface area contributed by atoms with E-state index in [1.54, 1.807) is 21.3 Å². The van der Waals surface area contributed by atoms with E-state index in [1.165, 1.54) is 44.9 Å². The standard InChI is InChI=1S/C24H38N2O4S/c1-27-21-14-13-18(22(28-2)23(21)29-3)16-26(17-20-12-9-15-30-20)24(31)25-19-10-7-5-4-6-8-11-19/h13-14,19-20H,4-12,15-17H2,1-3H3,(H,25,31). The first-order valence-corrected chi connectivity index (χ1v) is 12.0. The van der Waals surface area contributed by atoms with E-state index in [1.807, 2.05) is 12.1 Å². The largest absolute Gasteiger partial charge is 0.493 e. The zero-order valence-corrected chi connectivity index (χ0v) is 20.1. The highest BCUT2D eigenvalue weighted by Crippen LogP contribution is 2.40. The van der Waals surface area contributed by atoms with Gasteiger partial charge in [-0.3, -0.25) is 0 Å². The Labute approximate surface area is 192 Å². The first-order valence-electron chi connectivity index (χ1n) is 11.6. The Kier molecular flexibility index (Phi) is 9.53. The Morgan fingerprint density at radius 3 is 2.29 bits per heavy atom. The molecule has 0 bridgehead atoms. The minimum Gasteiger partial charge on any atom is -0.493 e. The smallest absolute Gasteiger partial charge is 0.203 e. The summed E-state index contributed by atoms with van der Waals surface area (Å²) in [6, 6.07) is 4.40. The molecule has 2 aliphatic rings. The van der Waals surface area contributed by atoms with Crippen LogP contribution in [0, 0.1) is 0 Å². The monoisotopic (exact) mass is 450 g/mol. The summed E-state index contributed by atoms with van der Waals surface area (Å²) in [5.41, 5.74) is 1.01. The Morgan fingerprint density at radius 1 is 0.968 bits per heavy atom. The minimum absolute atomic E-state index is 0.211. The number of nitrogens with zero attached hydrogens (tertiary/aromatic N) is 1. The normalized spacial score (nSPS) is 19.9. The zero-order valence-electron chi connectivity index (χ0n) is 19.3. The summed E-state index contributed by atoms with van der Waals surface area (Å²) in [6.07, 6.45) is 11.3. The van der Waals surface area contributed by atoms with Crippen LogP contribution in [0.2, 0.25) is 0 Å². The number of methoxy groups -OCH3 is 3. The van der Waals surface area contributed by atoms with Gasteiger partial charge in [-0.2, -0.15) is 0 Å². The van der Waals surface area contributed by atoms with Crippen LogP contribution in [0.15, 0.2) is 12.1 Å². The predicted molar refractivity (Wildman–Crippen MR) is 127 cm³/mol. The molecule has 31 heavy (non-hydrogen) atoms. The average Bonchev–Trinajstić information content (AvgIpc) is 3.27. The van der Waals surface area contributed by atoms with Crippen molar-refractivity contribution in [3.8, 4) is 17.2 Å². The fourth-order valence-corrected chi connectivity index (χ4v) is 4.92. The van der Waals surface area contributed by atoms with E-state index in [0.717, 1.165) is 36.7 Å². The predicted octanol–water partition coefficient (Wildman–Crippen LogP) is 4.68. The molecule has 1 saturated heterocycles. The van der Waals surface area contributed by atoms with E-state index >= 15 is 0 Å². The summed E-state index contributed by atoms with van der Waals surface area (Å²) in [6.45, 7) is 2.24. The molecule has 1 N–H and O–H groups in total. The van der Waals surface area contributed by atoms with Gasteiger partial charge >= 0.3 is 0 Å². The Hall–Kier alpha value is -1.73.